The van der Waals surface area contributed by atoms with Crippen molar-refractivity contribution in [1.82, 2.24) is 0 Å². The molecule has 0 amide bonds. The van der Waals surface area contributed by atoms with E-state index in [9.17, 15) is 9.90 Å². The number of hydrogen-bond donors (Lipinski definition) is 2. The van der Waals surface area contributed by atoms with Crippen molar-refractivity contribution >= 4 is 5.97 Å². The topological polar surface area (TPSA) is 94.5 Å². The minimum absolute atomic E-state index is 0.0679. The Bertz CT molecular complexity index is 447. The molecule has 1 aromatic rings. The molecule has 1 unspecified atom stereocenters. The predicted octanol–water partition coefficient (Wildman–Crippen LogP) is 1.24. The van der Waals surface area contributed by atoms with Gasteiger partial charge >= 0.3 is 5.97 Å². The highest BCUT2D eigenvalue weighted by Gasteiger charge is 2.24. The van der Waals surface area contributed by atoms with Gasteiger partial charge in [-0.05, 0) is 24.1 Å². The summed E-state index contributed by atoms with van der Waals surface area (Å²) in [5.74, 6) is -0.0572. The number of carbonyl (C=O) groups is 1. The summed E-state index contributed by atoms with van der Waals surface area (Å²) >= 11 is 0. The summed E-state index contributed by atoms with van der Waals surface area (Å²) in [6, 6.07) is 3.05. The maximum absolute atomic E-state index is 11.3. The number of hydrogen-bond acceptors (Lipinski definition) is 6. The molecule has 1 atom stereocenters. The Hall–Kier alpha value is -1.99. The van der Waals surface area contributed by atoms with E-state index in [0.717, 1.165) is 0 Å². The lowest BCUT2D eigenvalue weighted by atomic mass is 10.1. The fourth-order valence-electron chi connectivity index (χ4n) is 1.83. The molecule has 0 radical (unpaired) electrons. The number of ether oxygens (including phenoxy) is 4. The molecule has 0 fully saturated rings. The van der Waals surface area contributed by atoms with Gasteiger partial charge in [0.15, 0.2) is 17.6 Å². The van der Waals surface area contributed by atoms with Gasteiger partial charge in [-0.15, -0.1) is 0 Å². The van der Waals surface area contributed by atoms with Crippen molar-refractivity contribution in [3.8, 4) is 17.2 Å². The van der Waals surface area contributed by atoms with Crippen LogP contribution in [0, 0.1) is 0 Å². The average molecular weight is 300 g/mol. The molecule has 0 aromatic heterocycles. The second kappa shape index (κ2) is 8.33. The zero-order chi connectivity index (χ0) is 15.8. The van der Waals surface area contributed by atoms with Crippen LogP contribution in [0.5, 0.6) is 17.2 Å². The molecule has 0 heterocycles. The molecule has 2 N–H and O–H groups in total. The molecule has 1 rings (SSSR count). The maximum atomic E-state index is 11.3. The van der Waals surface area contributed by atoms with E-state index in [-0.39, 0.29) is 13.2 Å². The Balaban J connectivity index is 3.15. The molecule has 7 nitrogen and oxygen atoms in total. The minimum atomic E-state index is -1.18. The van der Waals surface area contributed by atoms with Crippen LogP contribution in [-0.2, 0) is 9.53 Å². The number of aliphatic hydroxyl groups is 1. The third-order valence-electron chi connectivity index (χ3n) is 2.80. The summed E-state index contributed by atoms with van der Waals surface area (Å²) in [5.41, 5.74) is 0.370. The number of aliphatic hydroxyl groups excluding tert-OH is 1. The highest BCUT2D eigenvalue weighted by atomic mass is 16.5. The Kier molecular flexibility index (Phi) is 6.77. The number of rotatable bonds is 9. The summed E-state index contributed by atoms with van der Waals surface area (Å²) < 4.78 is 20.8. The summed E-state index contributed by atoms with van der Waals surface area (Å²) in [4.78, 5) is 11.3. The SMILES string of the molecule is COc1cc(C(OCCCO)C(=O)O)cc(OC)c1OC. The minimum Gasteiger partial charge on any atom is -0.493 e. The standard InChI is InChI=1S/C14H20O7/c1-18-10-7-9(8-11(19-2)13(10)20-3)12(14(16)17)21-6-4-5-15/h7-8,12,15H,4-6H2,1-3H3,(H,16,17). The van der Waals surface area contributed by atoms with Crippen molar-refractivity contribution in [2.75, 3.05) is 34.5 Å². The van der Waals surface area contributed by atoms with Gasteiger partial charge in [-0.25, -0.2) is 4.79 Å². The van der Waals surface area contributed by atoms with E-state index in [0.29, 0.717) is 29.2 Å². The maximum Gasteiger partial charge on any atom is 0.337 e. The highest BCUT2D eigenvalue weighted by Crippen LogP contribution is 2.40. The van der Waals surface area contributed by atoms with E-state index in [1.54, 1.807) is 0 Å². The fraction of sp³-hybridized carbons (Fsp3) is 0.500. The molecule has 0 bridgehead atoms. The molecular formula is C14H20O7. The number of carboxylic acids is 1. The third kappa shape index (κ3) is 4.24. The Labute approximate surface area is 123 Å². The highest BCUT2D eigenvalue weighted by molar-refractivity contribution is 5.75. The monoisotopic (exact) mass is 300 g/mol. The Morgan fingerprint density at radius 1 is 1.14 bits per heavy atom. The molecule has 0 aliphatic rings. The van der Waals surface area contributed by atoms with Crippen LogP contribution in [0.4, 0.5) is 0 Å². The van der Waals surface area contributed by atoms with Crippen molar-refractivity contribution in [3.05, 3.63) is 17.7 Å². The lowest BCUT2D eigenvalue weighted by molar-refractivity contribution is -0.151. The molecular weight excluding hydrogens is 280 g/mol. The van der Waals surface area contributed by atoms with Gasteiger partial charge in [0.25, 0.3) is 0 Å². The van der Waals surface area contributed by atoms with Crippen LogP contribution >= 0.6 is 0 Å². The quantitative estimate of drug-likeness (QED) is 0.662. The molecule has 21 heavy (non-hydrogen) atoms. The van der Waals surface area contributed by atoms with E-state index in [4.69, 9.17) is 24.1 Å². The smallest absolute Gasteiger partial charge is 0.337 e. The van der Waals surface area contributed by atoms with Crippen LogP contribution in [0.25, 0.3) is 0 Å². The van der Waals surface area contributed by atoms with E-state index >= 15 is 0 Å². The molecule has 1 aromatic carbocycles. The van der Waals surface area contributed by atoms with Crippen molar-refractivity contribution in [3.63, 3.8) is 0 Å². The van der Waals surface area contributed by atoms with Crippen LogP contribution in [0.1, 0.15) is 18.1 Å². The first-order valence-electron chi connectivity index (χ1n) is 6.34. The van der Waals surface area contributed by atoms with Gasteiger partial charge < -0.3 is 29.2 Å². The number of aliphatic carboxylic acids is 1. The summed E-state index contributed by atoms with van der Waals surface area (Å²) in [5, 5.41) is 18.0. The van der Waals surface area contributed by atoms with Crippen molar-refractivity contribution in [1.29, 1.82) is 0 Å². The molecule has 0 aliphatic heterocycles. The lowest BCUT2D eigenvalue weighted by Crippen LogP contribution is -2.17. The molecule has 0 spiro atoms. The van der Waals surface area contributed by atoms with Gasteiger partial charge in [0.05, 0.1) is 27.9 Å². The zero-order valence-corrected chi connectivity index (χ0v) is 12.3. The van der Waals surface area contributed by atoms with Gasteiger partial charge in [0.1, 0.15) is 0 Å². The normalized spacial score (nSPS) is 11.8. The zero-order valence-electron chi connectivity index (χ0n) is 12.3. The van der Waals surface area contributed by atoms with Gasteiger partial charge in [-0.2, -0.15) is 0 Å². The fourth-order valence-corrected chi connectivity index (χ4v) is 1.83. The largest absolute Gasteiger partial charge is 0.493 e. The summed E-state index contributed by atoms with van der Waals surface area (Å²) in [7, 11) is 4.36. The number of carboxylic acid groups (broad SMARTS) is 1. The molecule has 0 saturated heterocycles. The van der Waals surface area contributed by atoms with Crippen molar-refractivity contribution in [2.24, 2.45) is 0 Å². The van der Waals surface area contributed by atoms with Gasteiger partial charge in [-0.1, -0.05) is 0 Å². The van der Waals surface area contributed by atoms with Crippen LogP contribution in [-0.4, -0.2) is 50.7 Å². The first kappa shape index (κ1) is 17.1. The van der Waals surface area contributed by atoms with Crippen LogP contribution in [0.2, 0.25) is 0 Å². The van der Waals surface area contributed by atoms with Crippen molar-refractivity contribution < 1.29 is 34.0 Å². The van der Waals surface area contributed by atoms with E-state index in [1.807, 2.05) is 0 Å². The molecule has 0 saturated carbocycles. The van der Waals surface area contributed by atoms with Crippen LogP contribution in [0.3, 0.4) is 0 Å². The summed E-state index contributed by atoms with van der Waals surface area (Å²) in [6.45, 7) is 0.0612. The van der Waals surface area contributed by atoms with E-state index < -0.39 is 12.1 Å². The number of methoxy groups -OCH3 is 3. The van der Waals surface area contributed by atoms with E-state index in [1.165, 1.54) is 33.5 Å². The third-order valence-corrected chi connectivity index (χ3v) is 2.80. The van der Waals surface area contributed by atoms with E-state index in [2.05, 4.69) is 0 Å². The molecule has 0 aliphatic carbocycles. The van der Waals surface area contributed by atoms with Gasteiger partial charge in [-0.3, -0.25) is 0 Å². The first-order chi connectivity index (χ1) is 10.1. The number of benzene rings is 1. The second-order valence-electron chi connectivity index (χ2n) is 4.12. The first-order valence-corrected chi connectivity index (χ1v) is 6.34. The summed E-state index contributed by atoms with van der Waals surface area (Å²) in [6.07, 6.45) is -0.820. The lowest BCUT2D eigenvalue weighted by Gasteiger charge is -2.18. The molecule has 118 valence electrons. The Morgan fingerprint density at radius 3 is 2.10 bits per heavy atom. The van der Waals surface area contributed by atoms with Gasteiger partial charge in [0.2, 0.25) is 5.75 Å². The second-order valence-corrected chi connectivity index (χ2v) is 4.12. The molecule has 7 heteroatoms. The van der Waals surface area contributed by atoms with Crippen molar-refractivity contribution in [2.45, 2.75) is 12.5 Å². The van der Waals surface area contributed by atoms with Gasteiger partial charge in [0, 0.05) is 6.61 Å². The van der Waals surface area contributed by atoms with Crippen LogP contribution < -0.4 is 14.2 Å². The Morgan fingerprint density at radius 2 is 1.71 bits per heavy atom. The van der Waals surface area contributed by atoms with Crippen LogP contribution in [0.15, 0.2) is 12.1 Å². The average Bonchev–Trinajstić information content (AvgIpc) is 2.49. The predicted molar refractivity (Wildman–Crippen MR) is 74.1 cm³/mol.